The maximum absolute atomic E-state index is 16.9. The number of nitrogens with one attached hydrogen (secondary N) is 4. The Balaban J connectivity index is 1.03. The summed E-state index contributed by atoms with van der Waals surface area (Å²) >= 11 is 0. The molecule has 0 radical (unpaired) electrons. The van der Waals surface area contributed by atoms with Crippen molar-refractivity contribution in [3.63, 3.8) is 0 Å². The minimum Gasteiger partial charge on any atom is -0.395 e. The summed E-state index contributed by atoms with van der Waals surface area (Å²) in [5, 5.41) is 17.9. The number of nitrogens with zero attached hydrogens (tertiary/aromatic N) is 2. The summed E-state index contributed by atoms with van der Waals surface area (Å²) in [6.45, 7) is 5.14. The van der Waals surface area contributed by atoms with Gasteiger partial charge in [-0.3, -0.25) is 19.2 Å². The van der Waals surface area contributed by atoms with E-state index in [1.54, 1.807) is 47.2 Å². The van der Waals surface area contributed by atoms with Crippen LogP contribution in [0.15, 0.2) is 134 Å². The van der Waals surface area contributed by atoms with Gasteiger partial charge in [-0.1, -0.05) is 85.8 Å². The van der Waals surface area contributed by atoms with Gasteiger partial charge in [0.2, 0.25) is 26.1 Å². The summed E-state index contributed by atoms with van der Waals surface area (Å²) in [5.74, 6) is -1.91. The number of aromatic amines is 2. The van der Waals surface area contributed by atoms with Crippen LogP contribution in [0.5, 0.6) is 0 Å². The molecule has 1 spiro atoms. The maximum atomic E-state index is 16.9. The molecule has 4 atom stereocenters. The summed E-state index contributed by atoms with van der Waals surface area (Å²) in [4.78, 5) is 66.2. The van der Waals surface area contributed by atoms with Crippen molar-refractivity contribution >= 4 is 70.9 Å². The third kappa shape index (κ3) is 8.66. The number of benzene rings is 5. The van der Waals surface area contributed by atoms with E-state index in [9.17, 15) is 19.5 Å². The number of aromatic nitrogens is 2. The van der Waals surface area contributed by atoms with Crippen molar-refractivity contribution in [2.45, 2.75) is 69.6 Å². The Morgan fingerprint density at radius 3 is 2.00 bits per heavy atom. The Morgan fingerprint density at radius 2 is 1.38 bits per heavy atom. The molecule has 2 aliphatic heterocycles. The van der Waals surface area contributed by atoms with Crippen LogP contribution in [0.3, 0.4) is 0 Å². The molecule has 2 aliphatic rings. The van der Waals surface area contributed by atoms with E-state index in [1.165, 1.54) is 0 Å². The number of fused-ring (bicyclic) bond motifs is 4. The van der Waals surface area contributed by atoms with Gasteiger partial charge in [-0.15, -0.1) is 0 Å². The van der Waals surface area contributed by atoms with Crippen LogP contribution in [-0.2, 0) is 55.4 Å². The van der Waals surface area contributed by atoms with Crippen LogP contribution < -0.4 is 15.5 Å². The van der Waals surface area contributed by atoms with Crippen LogP contribution in [0.2, 0.25) is 18.6 Å². The van der Waals surface area contributed by atoms with Crippen molar-refractivity contribution in [2.75, 3.05) is 28.7 Å². The Hall–Kier alpha value is -6.87. The van der Waals surface area contributed by atoms with Crippen molar-refractivity contribution in [3.8, 4) is 0 Å². The fourth-order valence-electron chi connectivity index (χ4n) is 10.2. The van der Waals surface area contributed by atoms with E-state index in [0.717, 1.165) is 44.1 Å². The Labute approximate surface area is 383 Å². The second-order valence-corrected chi connectivity index (χ2v) is 21.8. The van der Waals surface area contributed by atoms with Crippen LogP contribution in [-0.4, -0.2) is 71.3 Å². The highest BCUT2D eigenvalue weighted by Crippen LogP contribution is 2.60. The molecule has 1 fully saturated rings. The maximum Gasteiger partial charge on any atom is 0.264 e. The lowest BCUT2D eigenvalue weighted by molar-refractivity contribution is -0.150. The fourth-order valence-corrected chi connectivity index (χ4v) is 12.7. The van der Waals surface area contributed by atoms with E-state index in [0.29, 0.717) is 22.6 Å². The van der Waals surface area contributed by atoms with Gasteiger partial charge in [0, 0.05) is 75.7 Å². The molecule has 14 heteroatoms. The topological polar surface area (TPSA) is 160 Å². The minimum atomic E-state index is -3.68. The summed E-state index contributed by atoms with van der Waals surface area (Å²) < 4.78 is 23.9. The van der Waals surface area contributed by atoms with E-state index < -0.39 is 37.5 Å². The molecule has 1 saturated heterocycles. The van der Waals surface area contributed by atoms with Crippen LogP contribution in [0.25, 0.3) is 21.8 Å². The normalized spacial score (nSPS) is 19.1. The first-order valence-electron chi connectivity index (χ1n) is 22.4. The van der Waals surface area contributed by atoms with Gasteiger partial charge in [0.05, 0.1) is 44.2 Å². The predicted molar refractivity (Wildman–Crippen MR) is 257 cm³/mol. The average Bonchev–Trinajstić information content (AvgIpc) is 4.03. The van der Waals surface area contributed by atoms with Crippen molar-refractivity contribution in [1.82, 2.24) is 14.9 Å². The van der Waals surface area contributed by atoms with Crippen LogP contribution in [0.1, 0.15) is 41.2 Å². The Bertz CT molecular complexity index is 2950. The first-order valence-corrected chi connectivity index (χ1v) is 25.3. The van der Waals surface area contributed by atoms with E-state index in [2.05, 4.69) is 20.6 Å². The van der Waals surface area contributed by atoms with E-state index in [1.807, 2.05) is 116 Å². The molecule has 12 nitrogen and oxygen atoms in total. The highest BCUT2D eigenvalue weighted by Gasteiger charge is 2.67. The van der Waals surface area contributed by atoms with Crippen molar-refractivity contribution < 1.29 is 33.1 Å². The van der Waals surface area contributed by atoms with Gasteiger partial charge in [-0.25, -0.2) is 0 Å². The zero-order chi connectivity index (χ0) is 46.2. The molecule has 0 saturated carbocycles. The molecule has 9 rings (SSSR count). The van der Waals surface area contributed by atoms with Crippen molar-refractivity contribution in [2.24, 2.45) is 5.92 Å². The third-order valence-corrected chi connectivity index (χ3v) is 15.6. The van der Waals surface area contributed by atoms with Gasteiger partial charge in [-0.2, -0.15) is 0 Å². The van der Waals surface area contributed by atoms with Crippen LogP contribution >= 0.6 is 0 Å². The summed E-state index contributed by atoms with van der Waals surface area (Å²) in [6, 6.07) is 37.6. The number of hydrogen-bond donors (Lipinski definition) is 5. The molecule has 4 heterocycles. The summed E-state index contributed by atoms with van der Waals surface area (Å²) in [5.41, 5.74) is 4.70. The van der Waals surface area contributed by atoms with Crippen LogP contribution in [0.4, 0.5) is 21.2 Å². The number of amides is 4. The first kappa shape index (κ1) is 44.3. The quantitative estimate of drug-likeness (QED) is 0.0511. The number of rotatable bonds is 15. The SMILES string of the molecule is C[C@H]1[C@H]([Si](C)(C)F)[C@@H](CC(=O)N(CCO)Cc2ccccc2)O[C@]12C(=O)N(Cc1cccc(NC(=O)Cc3c[nH]c4ccccc34)c1)c1ccc(NC(=O)Cc3c[nH]c4ccccc34)cc12. The van der Waals surface area contributed by atoms with E-state index in [4.69, 9.17) is 4.74 Å². The number of aliphatic hydroxyl groups is 1. The molecule has 5 aromatic carbocycles. The summed E-state index contributed by atoms with van der Waals surface area (Å²) in [7, 11) is -3.68. The van der Waals surface area contributed by atoms with Crippen LogP contribution in [0, 0.1) is 5.92 Å². The predicted octanol–water partition coefficient (Wildman–Crippen LogP) is 8.74. The lowest BCUT2D eigenvalue weighted by Gasteiger charge is -2.31. The fraction of sp³-hybridized carbons (Fsp3) is 0.269. The monoisotopic (exact) mass is 904 g/mol. The number of ether oxygens (including phenoxy) is 1. The van der Waals surface area contributed by atoms with Crippen molar-refractivity contribution in [1.29, 1.82) is 0 Å². The summed E-state index contributed by atoms with van der Waals surface area (Å²) in [6.07, 6.45) is 2.75. The number of para-hydroxylation sites is 2. The number of aliphatic hydroxyl groups excluding tert-OH is 1. The number of halogens is 1. The first-order chi connectivity index (χ1) is 31.8. The molecule has 2 aromatic heterocycles. The van der Waals surface area contributed by atoms with Gasteiger partial charge in [0.25, 0.3) is 5.91 Å². The van der Waals surface area contributed by atoms with Gasteiger partial charge >= 0.3 is 0 Å². The van der Waals surface area contributed by atoms with Gasteiger partial charge in [0.15, 0.2) is 5.60 Å². The van der Waals surface area contributed by atoms with Gasteiger partial charge in [-0.05, 0) is 77.8 Å². The molecule has 0 bridgehead atoms. The molecular formula is C52H53FN6O6Si. The molecule has 0 unspecified atom stereocenters. The average molecular weight is 905 g/mol. The number of anilines is 3. The molecule has 5 N–H and O–H groups in total. The molecule has 66 heavy (non-hydrogen) atoms. The second kappa shape index (κ2) is 18.2. The number of carbonyl (C=O) groups excluding carboxylic acids is 4. The molecule has 338 valence electrons. The number of carbonyl (C=O) groups is 4. The van der Waals surface area contributed by atoms with E-state index in [-0.39, 0.29) is 63.2 Å². The lowest BCUT2D eigenvalue weighted by atomic mass is 9.82. The number of H-pyrrole nitrogens is 2. The molecule has 0 aliphatic carbocycles. The highest BCUT2D eigenvalue weighted by atomic mass is 28.4. The standard InChI is InChI=1S/C52H53FN6O6Si/c1-33-50(66(2,3)53)46(28-49(63)58(22-23-60)31-34-12-5-4-6-13-34)65-52(33)42-27-39(57-48(62)26-37-30-55-44-19-10-8-17-41(37)44)20-21-45(42)59(51(52)64)32-35-14-11-15-38(24-35)56-47(61)25-36-29-54-43-18-9-7-16-40(36)43/h4-21,24,27,29-30,33,46,50,54-55,60H,22-23,25-26,28,31-32H2,1-3H3,(H,56,61)(H,57,62)/t33-,46+,50-,52+/m0/s1. The Kier molecular flexibility index (Phi) is 12.2. The lowest BCUT2D eigenvalue weighted by Crippen LogP contribution is -2.45. The zero-order valence-corrected chi connectivity index (χ0v) is 38.1. The van der Waals surface area contributed by atoms with E-state index >= 15 is 8.90 Å². The number of hydrogen-bond acceptors (Lipinski definition) is 6. The molecule has 7 aromatic rings. The highest BCUT2D eigenvalue weighted by molar-refractivity contribution is 6.72. The smallest absolute Gasteiger partial charge is 0.264 e. The molecule has 4 amide bonds. The zero-order valence-electron chi connectivity index (χ0n) is 37.1. The third-order valence-electron chi connectivity index (χ3n) is 13.2. The second-order valence-electron chi connectivity index (χ2n) is 18.0. The van der Waals surface area contributed by atoms with Gasteiger partial charge < -0.3 is 44.4 Å². The largest absolute Gasteiger partial charge is 0.395 e. The molecular weight excluding hydrogens is 852 g/mol. The van der Waals surface area contributed by atoms with Gasteiger partial charge in [0.1, 0.15) is 0 Å². The van der Waals surface area contributed by atoms with Crippen molar-refractivity contribution in [3.05, 3.63) is 162 Å². The Morgan fingerprint density at radius 1 is 0.788 bits per heavy atom. The minimum absolute atomic E-state index is 0.0714.